The van der Waals surface area contributed by atoms with E-state index in [1.165, 1.54) is 12.1 Å². The van der Waals surface area contributed by atoms with Crippen LogP contribution in [0.4, 0.5) is 17.3 Å². The molecule has 220 valence electrons. The first-order chi connectivity index (χ1) is 19.7. The summed E-state index contributed by atoms with van der Waals surface area (Å²) in [4.78, 5) is 25.3. The lowest BCUT2D eigenvalue weighted by atomic mass is 9.98. The molecule has 0 aliphatic carbocycles. The van der Waals surface area contributed by atoms with Crippen molar-refractivity contribution in [2.24, 2.45) is 5.92 Å². The van der Waals surface area contributed by atoms with Gasteiger partial charge in [-0.2, -0.15) is 9.61 Å². The van der Waals surface area contributed by atoms with Crippen LogP contribution in [0.15, 0.2) is 30.3 Å². The Balaban J connectivity index is 1.38. The Labute approximate surface area is 245 Å². The number of rotatable bonds is 7. The number of halogens is 1. The van der Waals surface area contributed by atoms with Gasteiger partial charge in [-0.05, 0) is 62.6 Å². The van der Waals surface area contributed by atoms with Crippen LogP contribution in [0.5, 0.6) is 0 Å². The Hall–Kier alpha value is -3.09. The van der Waals surface area contributed by atoms with Crippen molar-refractivity contribution in [1.29, 1.82) is 0 Å². The Kier molecular flexibility index (Phi) is 7.73. The topological polar surface area (TPSA) is 123 Å². The van der Waals surface area contributed by atoms with Gasteiger partial charge in [-0.3, -0.25) is 9.52 Å². The number of sulfonamides is 1. The number of carbonyl (C=O) groups excluding carboxylic acids is 1. The highest BCUT2D eigenvalue weighted by atomic mass is 35.5. The third-order valence-corrected chi connectivity index (χ3v) is 9.13. The van der Waals surface area contributed by atoms with Gasteiger partial charge in [0.1, 0.15) is 11.6 Å². The van der Waals surface area contributed by atoms with Gasteiger partial charge in [0.2, 0.25) is 10.0 Å². The van der Waals surface area contributed by atoms with Crippen molar-refractivity contribution in [3.05, 3.63) is 46.6 Å². The molecular formula is C28H36ClN7O4S. The molecule has 1 aromatic carbocycles. The van der Waals surface area contributed by atoms with Crippen molar-refractivity contribution in [2.75, 3.05) is 60.1 Å². The average Bonchev–Trinajstić information content (AvgIpc) is 3.36. The first kappa shape index (κ1) is 28.0. The number of likely N-dealkylation sites (tertiary alicyclic amines) is 1. The summed E-state index contributed by atoms with van der Waals surface area (Å²) in [7, 11) is -3.60. The molecule has 3 fully saturated rings. The van der Waals surface area contributed by atoms with Crippen molar-refractivity contribution in [2.45, 2.75) is 44.6 Å². The van der Waals surface area contributed by atoms with E-state index in [0.717, 1.165) is 93.9 Å². The van der Waals surface area contributed by atoms with Gasteiger partial charge in [0.25, 0.3) is 5.91 Å². The highest BCUT2D eigenvalue weighted by molar-refractivity contribution is 7.92. The smallest absolute Gasteiger partial charge is 0.256 e. The van der Waals surface area contributed by atoms with Gasteiger partial charge in [-0.15, -0.1) is 0 Å². The zero-order valence-corrected chi connectivity index (χ0v) is 24.7. The molecule has 0 unspecified atom stereocenters. The summed E-state index contributed by atoms with van der Waals surface area (Å²) < 4.78 is 28.4. The molecule has 0 bridgehead atoms. The lowest BCUT2D eigenvalue weighted by Crippen LogP contribution is -2.40. The molecule has 2 atom stereocenters. The molecule has 11 nitrogen and oxygen atoms in total. The second kappa shape index (κ2) is 11.3. The molecule has 2 aromatic heterocycles. The van der Waals surface area contributed by atoms with Crippen molar-refractivity contribution in [3.63, 3.8) is 0 Å². The van der Waals surface area contributed by atoms with Crippen LogP contribution in [-0.2, 0) is 10.0 Å². The summed E-state index contributed by atoms with van der Waals surface area (Å²) in [6.07, 6.45) is 6.71. The molecule has 5 heterocycles. The maximum absolute atomic E-state index is 14.0. The molecular weight excluding hydrogens is 566 g/mol. The highest BCUT2D eigenvalue weighted by Gasteiger charge is 2.33. The third-order valence-electron chi connectivity index (χ3n) is 8.31. The minimum absolute atomic E-state index is 0.160. The van der Waals surface area contributed by atoms with E-state index in [4.69, 9.17) is 21.7 Å². The molecule has 13 heteroatoms. The van der Waals surface area contributed by atoms with Crippen LogP contribution in [0.25, 0.3) is 5.65 Å². The predicted molar refractivity (Wildman–Crippen MR) is 159 cm³/mol. The minimum Gasteiger partial charge on any atom is -0.396 e. The van der Waals surface area contributed by atoms with Crippen LogP contribution >= 0.6 is 11.6 Å². The van der Waals surface area contributed by atoms with Crippen LogP contribution in [0.1, 0.15) is 60.6 Å². The number of hydrogen-bond acceptors (Lipinski definition) is 8. The molecule has 3 saturated heterocycles. The number of fused-ring (bicyclic) bond motifs is 1. The Bertz CT molecular complexity index is 1560. The van der Waals surface area contributed by atoms with Gasteiger partial charge in [-0.25, -0.2) is 13.4 Å². The predicted octanol–water partition coefficient (Wildman–Crippen LogP) is 3.54. The number of amides is 1. The van der Waals surface area contributed by atoms with Crippen molar-refractivity contribution in [3.8, 4) is 0 Å². The van der Waals surface area contributed by atoms with E-state index in [1.807, 2.05) is 10.6 Å². The number of hydrogen-bond donors (Lipinski definition) is 2. The highest BCUT2D eigenvalue weighted by Crippen LogP contribution is 2.36. The molecule has 41 heavy (non-hydrogen) atoms. The number of benzene rings is 1. The SMILES string of the molecule is CS(=O)(=O)Nc1ccc(Cl)cc1C(=O)N1CCCC[C@H]1c1cc2nc(N3CCC3)cc(N3CCC[C@@H](CO)C3)n2n1. The number of anilines is 3. The lowest BCUT2D eigenvalue weighted by Gasteiger charge is -2.36. The van der Waals surface area contributed by atoms with Crippen LogP contribution in [0.2, 0.25) is 5.02 Å². The van der Waals surface area contributed by atoms with Crippen LogP contribution in [-0.4, -0.2) is 84.5 Å². The van der Waals surface area contributed by atoms with Crippen molar-refractivity contribution < 1.29 is 18.3 Å². The van der Waals surface area contributed by atoms with Crippen LogP contribution < -0.4 is 14.5 Å². The Morgan fingerprint density at radius 2 is 1.85 bits per heavy atom. The molecule has 0 radical (unpaired) electrons. The number of carbonyl (C=O) groups is 1. The number of nitrogens with zero attached hydrogens (tertiary/aromatic N) is 6. The number of aromatic nitrogens is 3. The summed E-state index contributed by atoms with van der Waals surface area (Å²) in [6.45, 7) is 4.25. The summed E-state index contributed by atoms with van der Waals surface area (Å²) >= 11 is 6.25. The summed E-state index contributed by atoms with van der Waals surface area (Å²) in [5.41, 5.74) is 1.89. The fourth-order valence-corrected chi connectivity index (χ4v) is 6.85. The Morgan fingerprint density at radius 3 is 2.59 bits per heavy atom. The second-order valence-corrected chi connectivity index (χ2v) is 13.5. The summed E-state index contributed by atoms with van der Waals surface area (Å²) in [5, 5.41) is 15.2. The summed E-state index contributed by atoms with van der Waals surface area (Å²) in [5.74, 6) is 1.79. The van der Waals surface area contributed by atoms with E-state index in [2.05, 4.69) is 20.6 Å². The van der Waals surface area contributed by atoms with E-state index in [9.17, 15) is 18.3 Å². The number of piperidine rings is 2. The minimum atomic E-state index is -3.60. The van der Waals surface area contributed by atoms with Gasteiger partial charge in [0.05, 0.1) is 29.2 Å². The maximum Gasteiger partial charge on any atom is 0.256 e. The van der Waals surface area contributed by atoms with Crippen LogP contribution in [0, 0.1) is 5.92 Å². The van der Waals surface area contributed by atoms with E-state index >= 15 is 0 Å². The van der Waals surface area contributed by atoms with Gasteiger partial charge in [0, 0.05) is 56.5 Å². The van der Waals surface area contributed by atoms with Gasteiger partial charge >= 0.3 is 0 Å². The van der Waals surface area contributed by atoms with E-state index in [0.29, 0.717) is 11.6 Å². The molecule has 3 aliphatic heterocycles. The zero-order chi connectivity index (χ0) is 28.7. The lowest BCUT2D eigenvalue weighted by molar-refractivity contribution is 0.0607. The van der Waals surface area contributed by atoms with Crippen LogP contribution in [0.3, 0.4) is 0 Å². The van der Waals surface area contributed by atoms with Crippen molar-refractivity contribution in [1.82, 2.24) is 19.5 Å². The first-order valence-electron chi connectivity index (χ1n) is 14.3. The molecule has 6 rings (SSSR count). The van der Waals surface area contributed by atoms with E-state index < -0.39 is 10.0 Å². The zero-order valence-electron chi connectivity index (χ0n) is 23.2. The largest absolute Gasteiger partial charge is 0.396 e. The monoisotopic (exact) mass is 601 g/mol. The average molecular weight is 602 g/mol. The molecule has 0 spiro atoms. The standard InChI is InChI=1S/C28H36ClN7O4S/c1-41(39,40)32-22-9-8-20(29)14-21(22)28(38)35-13-3-2-7-24(35)23-15-26-30-25(33-11-5-12-33)16-27(36(26)31-23)34-10-4-6-19(17-34)18-37/h8-9,14-16,19,24,32,37H,2-7,10-13,17-18H2,1H3/t19-,24+/m1/s1. The van der Waals surface area contributed by atoms with Crippen molar-refractivity contribution >= 4 is 50.5 Å². The molecule has 1 amide bonds. The van der Waals surface area contributed by atoms with Gasteiger partial charge < -0.3 is 19.8 Å². The van der Waals surface area contributed by atoms with Gasteiger partial charge in [-0.1, -0.05) is 11.6 Å². The summed E-state index contributed by atoms with van der Waals surface area (Å²) in [6, 6.07) is 8.37. The van der Waals surface area contributed by atoms with E-state index in [-0.39, 0.29) is 35.7 Å². The number of aliphatic hydroxyl groups is 1. The molecule has 3 aromatic rings. The fourth-order valence-electron chi connectivity index (χ4n) is 6.10. The van der Waals surface area contributed by atoms with E-state index in [1.54, 1.807) is 11.0 Å². The number of nitrogens with one attached hydrogen (secondary N) is 1. The Morgan fingerprint density at radius 1 is 1.05 bits per heavy atom. The third kappa shape index (κ3) is 5.82. The first-order valence-corrected chi connectivity index (χ1v) is 16.6. The molecule has 2 N–H and O–H groups in total. The normalized spacial score (nSPS) is 21.7. The molecule has 3 aliphatic rings. The maximum atomic E-state index is 14.0. The quantitative estimate of drug-likeness (QED) is 0.422. The number of aliphatic hydroxyl groups excluding tert-OH is 1. The van der Waals surface area contributed by atoms with Gasteiger partial charge in [0.15, 0.2) is 5.65 Å². The second-order valence-electron chi connectivity index (χ2n) is 11.4. The fraction of sp³-hybridized carbons (Fsp3) is 0.536. The molecule has 0 saturated carbocycles.